The number of benzene rings is 2. The number of carbonyl (C=O) groups is 1. The Morgan fingerprint density at radius 3 is 2.00 bits per heavy atom. The molecule has 0 heterocycles. The van der Waals surface area contributed by atoms with E-state index in [9.17, 15) is 35.1 Å². The van der Waals surface area contributed by atoms with Crippen molar-refractivity contribution >= 4 is 28.6 Å². The highest BCUT2D eigenvalue weighted by molar-refractivity contribution is 6.12. The number of hydrogen-bond donors (Lipinski definition) is 0. The number of esters is 1. The maximum Gasteiger partial charge on any atom is 0.339 e. The van der Waals surface area contributed by atoms with Crippen LogP contribution in [0.3, 0.4) is 0 Å². The highest BCUT2D eigenvalue weighted by atomic mass is 16.6. The van der Waals surface area contributed by atoms with Crippen LogP contribution in [-0.2, 0) is 18.9 Å². The van der Waals surface area contributed by atoms with Gasteiger partial charge in [-0.15, -0.1) is 0 Å². The smallest absolute Gasteiger partial charge is 0.339 e. The standard InChI is InChI=1S/C29H25N3O11/c1-40-9-10-41-11-12-42-13-14-43-29(33)25-17-20(30(34)35)15-23-22(8-4-7-19-5-2-3-6-19)24-16-21(31(36)37)18-26(32(38)39)28(24)27(23)25/h2-3,5-6,8,15-19H,9-14H2,1H3/b22-8-. The fourth-order valence-corrected chi connectivity index (χ4v) is 4.49. The van der Waals surface area contributed by atoms with Crippen molar-refractivity contribution < 1.29 is 38.5 Å². The molecule has 0 aromatic heterocycles. The fraction of sp³-hybridized carbons (Fsp3) is 0.276. The summed E-state index contributed by atoms with van der Waals surface area (Å²) >= 11 is 0. The number of carbonyl (C=O) groups excluding carboxylic acids is 1. The molecule has 43 heavy (non-hydrogen) atoms. The van der Waals surface area contributed by atoms with Crippen LogP contribution < -0.4 is 0 Å². The Bertz CT molecular complexity index is 1600. The Morgan fingerprint density at radius 2 is 1.40 bits per heavy atom. The van der Waals surface area contributed by atoms with Crippen LogP contribution in [0, 0.1) is 48.1 Å². The average molecular weight is 592 g/mol. The minimum Gasteiger partial charge on any atom is -0.460 e. The third-order valence-corrected chi connectivity index (χ3v) is 6.37. The van der Waals surface area contributed by atoms with E-state index in [-0.39, 0.29) is 65.7 Å². The van der Waals surface area contributed by atoms with Crippen molar-refractivity contribution in [3.8, 4) is 23.0 Å². The van der Waals surface area contributed by atoms with Crippen LogP contribution in [0.4, 0.5) is 17.1 Å². The number of rotatable bonds is 13. The largest absolute Gasteiger partial charge is 0.460 e. The first-order valence-corrected chi connectivity index (χ1v) is 12.9. The van der Waals surface area contributed by atoms with Gasteiger partial charge in [-0.3, -0.25) is 30.3 Å². The highest BCUT2D eigenvalue weighted by Crippen LogP contribution is 2.52. The molecule has 0 amide bonds. The van der Waals surface area contributed by atoms with Crippen LogP contribution in [0.25, 0.3) is 16.7 Å². The van der Waals surface area contributed by atoms with Gasteiger partial charge in [0.25, 0.3) is 17.1 Å². The Hall–Kier alpha value is -5.23. The zero-order valence-corrected chi connectivity index (χ0v) is 22.8. The van der Waals surface area contributed by atoms with Gasteiger partial charge in [-0.25, -0.2) is 4.79 Å². The van der Waals surface area contributed by atoms with E-state index in [2.05, 4.69) is 11.8 Å². The number of hydrogen-bond acceptors (Lipinski definition) is 11. The second-order valence-electron chi connectivity index (χ2n) is 9.07. The van der Waals surface area contributed by atoms with Gasteiger partial charge in [0, 0.05) is 36.4 Å². The van der Waals surface area contributed by atoms with Crippen LogP contribution in [0.2, 0.25) is 0 Å². The van der Waals surface area contributed by atoms with E-state index in [0.717, 1.165) is 24.3 Å². The van der Waals surface area contributed by atoms with Crippen molar-refractivity contribution in [2.24, 2.45) is 5.92 Å². The molecule has 0 N–H and O–H groups in total. The summed E-state index contributed by atoms with van der Waals surface area (Å²) in [4.78, 5) is 46.6. The lowest BCUT2D eigenvalue weighted by Crippen LogP contribution is -2.15. The normalized spacial score (nSPS) is 13.8. The lowest BCUT2D eigenvalue weighted by Gasteiger charge is -2.11. The molecule has 0 atom stereocenters. The van der Waals surface area contributed by atoms with Crippen LogP contribution >= 0.6 is 0 Å². The summed E-state index contributed by atoms with van der Waals surface area (Å²) < 4.78 is 20.8. The van der Waals surface area contributed by atoms with Crippen LogP contribution in [0.5, 0.6) is 0 Å². The fourth-order valence-electron chi connectivity index (χ4n) is 4.49. The summed E-state index contributed by atoms with van der Waals surface area (Å²) in [6.07, 6.45) is 8.65. The number of nitrogens with zero attached hydrogens (tertiary/aromatic N) is 3. The van der Waals surface area contributed by atoms with Crippen molar-refractivity contribution in [1.82, 2.24) is 0 Å². The molecular formula is C29H25N3O11. The zero-order valence-electron chi connectivity index (χ0n) is 22.8. The third kappa shape index (κ3) is 7.16. The van der Waals surface area contributed by atoms with Gasteiger partial charge in [0.05, 0.1) is 70.9 Å². The van der Waals surface area contributed by atoms with E-state index in [1.165, 1.54) is 6.08 Å². The molecule has 222 valence electrons. The molecule has 0 bridgehead atoms. The molecule has 2 aromatic carbocycles. The van der Waals surface area contributed by atoms with Crippen molar-refractivity contribution in [1.29, 1.82) is 0 Å². The van der Waals surface area contributed by atoms with Gasteiger partial charge in [0.2, 0.25) is 0 Å². The minimum atomic E-state index is -0.993. The number of methoxy groups -OCH3 is 1. The van der Waals surface area contributed by atoms with Gasteiger partial charge in [-0.1, -0.05) is 36.1 Å². The first kappa shape index (κ1) is 30.7. The molecule has 0 unspecified atom stereocenters. The summed E-state index contributed by atoms with van der Waals surface area (Å²) in [7, 11) is 1.55. The maximum absolute atomic E-state index is 13.3. The molecule has 0 fully saturated rings. The molecule has 14 heteroatoms. The Balaban J connectivity index is 1.74. The van der Waals surface area contributed by atoms with Gasteiger partial charge >= 0.3 is 5.97 Å². The molecule has 0 spiro atoms. The number of allylic oxidation sites excluding steroid dienone is 5. The summed E-state index contributed by atoms with van der Waals surface area (Å²) in [5.41, 5.74) is -1.87. The van der Waals surface area contributed by atoms with Gasteiger partial charge in [0.1, 0.15) is 6.61 Å². The number of non-ortho nitro benzene ring substituents is 2. The van der Waals surface area contributed by atoms with Crippen molar-refractivity contribution in [2.75, 3.05) is 46.8 Å². The summed E-state index contributed by atoms with van der Waals surface area (Å²) in [6.45, 7) is 1.09. The third-order valence-electron chi connectivity index (χ3n) is 6.37. The van der Waals surface area contributed by atoms with Crippen LogP contribution in [0.1, 0.15) is 21.5 Å². The van der Waals surface area contributed by atoms with Crippen LogP contribution in [0.15, 0.2) is 54.6 Å². The second-order valence-corrected chi connectivity index (χ2v) is 9.07. The number of fused-ring (bicyclic) bond motifs is 3. The van der Waals surface area contributed by atoms with Crippen molar-refractivity contribution in [3.63, 3.8) is 0 Å². The van der Waals surface area contributed by atoms with E-state index in [1.54, 1.807) is 7.11 Å². The second kappa shape index (κ2) is 14.1. The number of ether oxygens (including phenoxy) is 4. The quantitative estimate of drug-likeness (QED) is 0.0902. The Labute approximate surface area is 244 Å². The van der Waals surface area contributed by atoms with E-state index in [1.807, 2.05) is 24.3 Å². The minimum absolute atomic E-state index is 0.00970. The molecular weight excluding hydrogens is 566 g/mol. The first-order valence-electron chi connectivity index (χ1n) is 12.9. The van der Waals surface area contributed by atoms with Gasteiger partial charge in [-0.05, 0) is 17.2 Å². The molecule has 0 saturated carbocycles. The van der Waals surface area contributed by atoms with E-state index in [0.29, 0.717) is 13.2 Å². The van der Waals surface area contributed by atoms with Crippen molar-refractivity contribution in [2.45, 2.75) is 0 Å². The SMILES string of the molecule is COCCOCCOCCOC(=O)c1cc([N+](=O)[O-])cc2c1-c1c(cc([N+](=O)[O-])cc1[N+](=O)[O-])/C2=C\C#CC1C=CC=C1. The van der Waals surface area contributed by atoms with Gasteiger partial charge in [0.15, 0.2) is 0 Å². The lowest BCUT2D eigenvalue weighted by molar-refractivity contribution is -0.393. The Morgan fingerprint density at radius 1 is 0.814 bits per heavy atom. The highest BCUT2D eigenvalue weighted by Gasteiger charge is 2.38. The lowest BCUT2D eigenvalue weighted by atomic mass is 9.97. The van der Waals surface area contributed by atoms with E-state index < -0.39 is 37.8 Å². The summed E-state index contributed by atoms with van der Waals surface area (Å²) in [5, 5.41) is 35.6. The molecule has 2 aromatic rings. The zero-order chi connectivity index (χ0) is 30.9. The average Bonchev–Trinajstić information content (AvgIpc) is 3.61. The maximum atomic E-state index is 13.3. The van der Waals surface area contributed by atoms with Crippen molar-refractivity contribution in [3.05, 3.63) is 102 Å². The predicted molar refractivity (Wildman–Crippen MR) is 152 cm³/mol. The molecule has 4 rings (SSSR count). The topological polar surface area (TPSA) is 183 Å². The van der Waals surface area contributed by atoms with Gasteiger partial charge in [-0.2, -0.15) is 0 Å². The van der Waals surface area contributed by atoms with E-state index in [4.69, 9.17) is 18.9 Å². The Kier molecular flexibility index (Phi) is 10.1. The molecule has 2 aliphatic carbocycles. The molecule has 0 aliphatic heterocycles. The molecule has 0 saturated heterocycles. The number of nitro groups is 3. The van der Waals surface area contributed by atoms with Crippen LogP contribution in [-0.4, -0.2) is 67.5 Å². The molecule has 14 nitrogen and oxygen atoms in total. The molecule has 0 radical (unpaired) electrons. The monoisotopic (exact) mass is 591 g/mol. The predicted octanol–water partition coefficient (Wildman–Crippen LogP) is 4.41. The summed E-state index contributed by atoms with van der Waals surface area (Å²) in [6, 6.07) is 4.01. The summed E-state index contributed by atoms with van der Waals surface area (Å²) in [5.74, 6) is 4.60. The van der Waals surface area contributed by atoms with E-state index >= 15 is 0 Å². The van der Waals surface area contributed by atoms with Gasteiger partial charge < -0.3 is 18.9 Å². The number of nitro benzene ring substituents is 3. The molecule has 2 aliphatic rings. The first-order chi connectivity index (χ1) is 20.7.